The summed E-state index contributed by atoms with van der Waals surface area (Å²) in [6.07, 6.45) is 5.82. The lowest BCUT2D eigenvalue weighted by atomic mass is 10.3. The van der Waals surface area contributed by atoms with E-state index in [-0.39, 0.29) is 0 Å². The minimum absolute atomic E-state index is 0.827. The molecule has 0 saturated carbocycles. The van der Waals surface area contributed by atoms with Crippen molar-refractivity contribution in [3.05, 3.63) is 0 Å². The molecule has 0 aliphatic carbocycles. The number of likely N-dealkylation sites (N-methyl/N-ethyl adjacent to an activating group) is 1. The number of rotatable bonds is 11. The lowest BCUT2D eigenvalue weighted by Crippen LogP contribution is -2.39. The molecule has 1 rings (SSSR count). The first kappa shape index (κ1) is 21.2. The van der Waals surface area contributed by atoms with Gasteiger partial charge in [-0.2, -0.15) is 0 Å². The van der Waals surface area contributed by atoms with Crippen molar-refractivity contribution in [3.8, 4) is 0 Å². The first-order valence-corrected chi connectivity index (χ1v) is 9.69. The van der Waals surface area contributed by atoms with Crippen LogP contribution in [-0.4, -0.2) is 88.9 Å². The van der Waals surface area contributed by atoms with Crippen LogP contribution in [0.2, 0.25) is 0 Å². The van der Waals surface area contributed by atoms with Gasteiger partial charge in [0.05, 0.1) is 0 Å². The average molecular weight is 342 g/mol. The van der Waals surface area contributed by atoms with E-state index in [1.807, 2.05) is 7.05 Å². The van der Waals surface area contributed by atoms with E-state index >= 15 is 0 Å². The number of unbranched alkanes of at least 4 members (excludes halogenated alkanes) is 1. The first-order chi connectivity index (χ1) is 11.8. The molecule has 0 radical (unpaired) electrons. The first-order valence-electron chi connectivity index (χ1n) is 9.69. The minimum Gasteiger partial charge on any atom is -0.381 e. The van der Waals surface area contributed by atoms with Crippen molar-refractivity contribution in [1.29, 1.82) is 0 Å². The average Bonchev–Trinajstić information content (AvgIpc) is 2.80. The summed E-state index contributed by atoms with van der Waals surface area (Å²) in [6.45, 7) is 11.8. The van der Waals surface area contributed by atoms with Crippen molar-refractivity contribution in [2.24, 2.45) is 4.99 Å². The predicted octanol–water partition coefficient (Wildman–Crippen LogP) is 1.39. The number of aliphatic imine (C=N–C) groups is 1. The molecular weight excluding hydrogens is 302 g/mol. The summed E-state index contributed by atoms with van der Waals surface area (Å²) >= 11 is 0. The van der Waals surface area contributed by atoms with E-state index in [1.54, 1.807) is 0 Å². The second-order valence-corrected chi connectivity index (χ2v) is 6.60. The molecule has 0 bridgehead atoms. The van der Waals surface area contributed by atoms with Crippen molar-refractivity contribution in [2.45, 2.75) is 39.0 Å². The molecule has 0 spiro atoms. The van der Waals surface area contributed by atoms with Crippen LogP contribution in [0.1, 0.15) is 39.0 Å². The van der Waals surface area contributed by atoms with Crippen LogP contribution in [0, 0.1) is 0 Å². The molecule has 2 N–H and O–H groups in total. The summed E-state index contributed by atoms with van der Waals surface area (Å²) in [6, 6.07) is 0. The van der Waals surface area contributed by atoms with E-state index in [0.717, 1.165) is 51.5 Å². The van der Waals surface area contributed by atoms with Gasteiger partial charge in [-0.3, -0.25) is 4.99 Å². The topological polar surface area (TPSA) is 52.1 Å². The number of nitrogens with zero attached hydrogens (tertiary/aromatic N) is 3. The molecule has 0 amide bonds. The Kier molecular flexibility index (Phi) is 12.8. The van der Waals surface area contributed by atoms with E-state index in [9.17, 15) is 0 Å². The molecule has 1 aliphatic heterocycles. The lowest BCUT2D eigenvalue weighted by molar-refractivity contribution is 0.129. The lowest BCUT2D eigenvalue weighted by Gasteiger charge is -2.20. The zero-order chi connectivity index (χ0) is 17.5. The molecule has 1 fully saturated rings. The third-order valence-corrected chi connectivity index (χ3v) is 4.38. The zero-order valence-corrected chi connectivity index (χ0v) is 16.1. The third kappa shape index (κ3) is 10.8. The van der Waals surface area contributed by atoms with Gasteiger partial charge in [0.2, 0.25) is 0 Å². The molecule has 1 aliphatic rings. The van der Waals surface area contributed by atoms with Crippen molar-refractivity contribution in [1.82, 2.24) is 20.4 Å². The van der Waals surface area contributed by atoms with Gasteiger partial charge >= 0.3 is 0 Å². The molecule has 24 heavy (non-hydrogen) atoms. The van der Waals surface area contributed by atoms with Crippen molar-refractivity contribution in [2.75, 3.05) is 73.1 Å². The van der Waals surface area contributed by atoms with E-state index in [2.05, 4.69) is 39.4 Å². The summed E-state index contributed by atoms with van der Waals surface area (Å²) in [5.74, 6) is 0.902. The molecule has 0 aromatic heterocycles. The van der Waals surface area contributed by atoms with E-state index in [1.165, 1.54) is 45.6 Å². The maximum absolute atomic E-state index is 5.56. The number of guanidine groups is 1. The molecule has 6 heteroatoms. The smallest absolute Gasteiger partial charge is 0.190 e. The van der Waals surface area contributed by atoms with E-state index < -0.39 is 0 Å². The van der Waals surface area contributed by atoms with Gasteiger partial charge in [0.25, 0.3) is 0 Å². The van der Waals surface area contributed by atoms with Gasteiger partial charge in [-0.15, -0.1) is 0 Å². The third-order valence-electron chi connectivity index (χ3n) is 4.38. The summed E-state index contributed by atoms with van der Waals surface area (Å²) in [4.78, 5) is 9.28. The van der Waals surface area contributed by atoms with Crippen LogP contribution in [0.4, 0.5) is 0 Å². The van der Waals surface area contributed by atoms with Crippen LogP contribution in [-0.2, 0) is 4.74 Å². The molecule has 1 heterocycles. The number of hydrogen-bond donors (Lipinski definition) is 2. The fraction of sp³-hybridized carbons (Fsp3) is 0.944. The van der Waals surface area contributed by atoms with Crippen molar-refractivity contribution in [3.63, 3.8) is 0 Å². The maximum atomic E-state index is 5.56. The Balaban J connectivity index is 1.99. The van der Waals surface area contributed by atoms with Gasteiger partial charge in [-0.05, 0) is 52.4 Å². The Bertz CT molecular complexity index is 325. The Morgan fingerprint density at radius 2 is 1.75 bits per heavy atom. The SMILES string of the molecule is CCCCOCCCNC(=NC)NCCCN1CCCN(C)CC1. The number of hydrogen-bond acceptors (Lipinski definition) is 4. The Hall–Kier alpha value is -0.850. The highest BCUT2D eigenvalue weighted by Gasteiger charge is 2.11. The molecule has 0 aromatic rings. The van der Waals surface area contributed by atoms with Crippen LogP contribution >= 0.6 is 0 Å². The largest absolute Gasteiger partial charge is 0.381 e. The maximum Gasteiger partial charge on any atom is 0.190 e. The monoisotopic (exact) mass is 341 g/mol. The van der Waals surface area contributed by atoms with E-state index in [0.29, 0.717) is 0 Å². The Labute approximate surface area is 149 Å². The molecule has 0 atom stereocenters. The van der Waals surface area contributed by atoms with Crippen molar-refractivity contribution >= 4 is 5.96 Å². The second kappa shape index (κ2) is 14.5. The molecule has 142 valence electrons. The van der Waals surface area contributed by atoms with Crippen LogP contribution in [0.5, 0.6) is 0 Å². The molecule has 6 nitrogen and oxygen atoms in total. The van der Waals surface area contributed by atoms with Gasteiger partial charge < -0.3 is 25.2 Å². The van der Waals surface area contributed by atoms with Crippen molar-refractivity contribution < 1.29 is 4.74 Å². The Morgan fingerprint density at radius 3 is 2.50 bits per heavy atom. The molecule has 0 unspecified atom stereocenters. The fourth-order valence-electron chi connectivity index (χ4n) is 2.78. The van der Waals surface area contributed by atoms with Crippen LogP contribution in [0.15, 0.2) is 4.99 Å². The van der Waals surface area contributed by atoms with Crippen LogP contribution in [0.3, 0.4) is 0 Å². The van der Waals surface area contributed by atoms with Crippen LogP contribution in [0.25, 0.3) is 0 Å². The standard InChI is InChI=1S/C18H39N5O/c1-4-5-16-24-17-7-10-21-18(19-2)20-9-6-12-23-13-8-11-22(3)14-15-23/h4-17H2,1-3H3,(H2,19,20,21). The van der Waals surface area contributed by atoms with Gasteiger partial charge in [-0.25, -0.2) is 0 Å². The predicted molar refractivity (Wildman–Crippen MR) is 103 cm³/mol. The summed E-state index contributed by atoms with van der Waals surface area (Å²) in [7, 11) is 4.05. The number of ether oxygens (including phenoxy) is 1. The minimum atomic E-state index is 0.827. The fourth-order valence-corrected chi connectivity index (χ4v) is 2.78. The van der Waals surface area contributed by atoms with Gasteiger partial charge in [0.15, 0.2) is 5.96 Å². The second-order valence-electron chi connectivity index (χ2n) is 6.60. The summed E-state index contributed by atoms with van der Waals surface area (Å²) in [5, 5.41) is 6.76. The zero-order valence-electron chi connectivity index (χ0n) is 16.1. The van der Waals surface area contributed by atoms with Gasteiger partial charge in [0, 0.05) is 46.4 Å². The van der Waals surface area contributed by atoms with Gasteiger partial charge in [-0.1, -0.05) is 13.3 Å². The molecule has 1 saturated heterocycles. The van der Waals surface area contributed by atoms with Gasteiger partial charge in [0.1, 0.15) is 0 Å². The molecular formula is C18H39N5O. The van der Waals surface area contributed by atoms with Crippen LogP contribution < -0.4 is 10.6 Å². The molecule has 0 aromatic carbocycles. The number of nitrogens with one attached hydrogen (secondary N) is 2. The highest BCUT2D eigenvalue weighted by Crippen LogP contribution is 2.01. The van der Waals surface area contributed by atoms with E-state index in [4.69, 9.17) is 4.74 Å². The highest BCUT2D eigenvalue weighted by molar-refractivity contribution is 5.79. The highest BCUT2D eigenvalue weighted by atomic mass is 16.5. The quantitative estimate of drug-likeness (QED) is 0.338. The Morgan fingerprint density at radius 1 is 1.00 bits per heavy atom. The summed E-state index contributed by atoms with van der Waals surface area (Å²) < 4.78 is 5.56. The summed E-state index contributed by atoms with van der Waals surface area (Å²) in [5.41, 5.74) is 0. The normalized spacial score (nSPS) is 17.7.